The Morgan fingerprint density at radius 3 is 2.24 bits per heavy atom. The number of aryl methyl sites for hydroxylation is 3. The van der Waals surface area contributed by atoms with Crippen LogP contribution in [-0.4, -0.2) is 36.8 Å². The van der Waals surface area contributed by atoms with E-state index < -0.39 is 0 Å². The molecule has 5 heterocycles. The fourth-order valence-electron chi connectivity index (χ4n) is 5.96. The van der Waals surface area contributed by atoms with Gasteiger partial charge in [0.05, 0.1) is 18.0 Å². The van der Waals surface area contributed by atoms with E-state index in [0.717, 1.165) is 80.8 Å². The zero-order chi connectivity index (χ0) is 26.4. The Morgan fingerprint density at radius 2 is 1.54 bits per heavy atom. The first kappa shape index (κ1) is 25.4. The number of aliphatic hydroxyl groups excluding tert-OH is 2. The molecule has 2 aliphatic heterocycles. The standard InChI is InChI=1S/C31H38N4O2/c1-7-21-17(3)27-14-30-23(15-37)19(5)26(34-30)13-28-18(4)22(9-8-10-36)31(35-28)20(6)25-11-16(2)24(32-25)12-29(21)33-27/h11-14,18,22,32,34,36-37H,7-10,15H2,1-6H3/t18-,22-/m0/s1. The highest BCUT2D eigenvalue weighted by Gasteiger charge is 2.30. The maximum Gasteiger partial charge on any atom is 0.0705 e. The third kappa shape index (κ3) is 4.32. The normalized spacial score (nSPS) is 17.6. The molecule has 5 rings (SSSR count). The average Bonchev–Trinajstić information content (AvgIpc) is 3.57. The molecule has 0 aromatic carbocycles. The van der Waals surface area contributed by atoms with Gasteiger partial charge in [-0.15, -0.1) is 0 Å². The summed E-state index contributed by atoms with van der Waals surface area (Å²) in [4.78, 5) is 17.4. The van der Waals surface area contributed by atoms with Crippen molar-refractivity contribution in [3.63, 3.8) is 0 Å². The summed E-state index contributed by atoms with van der Waals surface area (Å²) in [6.45, 7) is 13.0. The Kier molecular flexibility index (Phi) is 6.82. The molecule has 0 spiro atoms. The van der Waals surface area contributed by atoms with Crippen LogP contribution in [0.15, 0.2) is 24.3 Å². The fourth-order valence-corrected chi connectivity index (χ4v) is 5.96. The quantitative estimate of drug-likeness (QED) is 0.313. The molecule has 3 aromatic heterocycles. The van der Waals surface area contributed by atoms with Crippen molar-refractivity contribution in [2.24, 2.45) is 0 Å². The largest absolute Gasteiger partial charge is 0.396 e. The summed E-state index contributed by atoms with van der Waals surface area (Å²) in [7, 11) is 0. The zero-order valence-corrected chi connectivity index (χ0v) is 22.8. The van der Waals surface area contributed by atoms with Crippen molar-refractivity contribution in [3.05, 3.63) is 69.3 Å². The van der Waals surface area contributed by atoms with E-state index in [-0.39, 0.29) is 25.0 Å². The molecular weight excluding hydrogens is 460 g/mol. The SMILES string of the molecule is CCC1=C(C)c2cc3[nH]c(cc4nc(c(C)c5cc(C)c(cc1n2)[nH]5)[C@@H](CCCO)[C@@H]4C)c(C)c3CO. The molecule has 6 heteroatoms. The molecule has 2 atom stereocenters. The van der Waals surface area contributed by atoms with Gasteiger partial charge in [0.25, 0.3) is 0 Å². The van der Waals surface area contributed by atoms with Crippen LogP contribution in [0.2, 0.25) is 0 Å². The van der Waals surface area contributed by atoms with Crippen molar-refractivity contribution < 1.29 is 10.2 Å². The van der Waals surface area contributed by atoms with Gasteiger partial charge in [-0.25, -0.2) is 4.98 Å². The van der Waals surface area contributed by atoms with Crippen LogP contribution in [0.1, 0.15) is 96.9 Å². The van der Waals surface area contributed by atoms with E-state index in [2.05, 4.69) is 75.8 Å². The smallest absolute Gasteiger partial charge is 0.0705 e. The van der Waals surface area contributed by atoms with Crippen molar-refractivity contribution in [2.45, 2.75) is 79.2 Å². The van der Waals surface area contributed by atoms with Crippen LogP contribution in [0, 0.1) is 20.8 Å². The van der Waals surface area contributed by atoms with Crippen molar-refractivity contribution in [1.29, 1.82) is 0 Å². The number of aliphatic hydroxyl groups is 2. The maximum absolute atomic E-state index is 10.3. The molecule has 3 aromatic rings. The number of aromatic nitrogens is 4. The number of rotatable bonds is 5. The van der Waals surface area contributed by atoms with Gasteiger partial charge in [-0.3, -0.25) is 4.98 Å². The molecule has 0 unspecified atom stereocenters. The predicted octanol–water partition coefficient (Wildman–Crippen LogP) is 6.73. The Labute approximate surface area is 218 Å². The van der Waals surface area contributed by atoms with Gasteiger partial charge < -0.3 is 20.2 Å². The lowest BCUT2D eigenvalue weighted by molar-refractivity contribution is 0.277. The molecule has 2 aliphatic rings. The summed E-state index contributed by atoms with van der Waals surface area (Å²) in [5.74, 6) is 0.451. The summed E-state index contributed by atoms with van der Waals surface area (Å²) in [5, 5.41) is 19.8. The van der Waals surface area contributed by atoms with Crippen molar-refractivity contribution in [3.8, 4) is 0 Å². The number of nitrogens with one attached hydrogen (secondary N) is 2. The second kappa shape index (κ2) is 9.92. The van der Waals surface area contributed by atoms with Gasteiger partial charge >= 0.3 is 0 Å². The molecule has 0 radical (unpaired) electrons. The fraction of sp³-hybridized carbons (Fsp3) is 0.419. The van der Waals surface area contributed by atoms with Crippen LogP contribution in [0.25, 0.3) is 33.2 Å². The minimum absolute atomic E-state index is 0.0447. The van der Waals surface area contributed by atoms with E-state index >= 15 is 0 Å². The summed E-state index contributed by atoms with van der Waals surface area (Å²) in [6, 6.07) is 8.58. The van der Waals surface area contributed by atoms with Crippen LogP contribution in [0.3, 0.4) is 0 Å². The van der Waals surface area contributed by atoms with Crippen LogP contribution in [0.4, 0.5) is 0 Å². The van der Waals surface area contributed by atoms with Crippen LogP contribution in [-0.2, 0) is 6.61 Å². The van der Waals surface area contributed by atoms with Crippen molar-refractivity contribution in [2.75, 3.05) is 6.61 Å². The highest BCUT2D eigenvalue weighted by atomic mass is 16.3. The van der Waals surface area contributed by atoms with Crippen molar-refractivity contribution in [1.82, 2.24) is 19.9 Å². The summed E-state index contributed by atoms with van der Waals surface area (Å²) < 4.78 is 0. The van der Waals surface area contributed by atoms with Crippen LogP contribution in [0.5, 0.6) is 0 Å². The van der Waals surface area contributed by atoms with E-state index in [0.29, 0.717) is 0 Å². The first-order valence-corrected chi connectivity index (χ1v) is 13.4. The first-order valence-electron chi connectivity index (χ1n) is 13.4. The number of H-pyrrole nitrogens is 2. The minimum Gasteiger partial charge on any atom is -0.396 e. The van der Waals surface area contributed by atoms with Crippen molar-refractivity contribution >= 4 is 33.2 Å². The molecule has 0 saturated heterocycles. The summed E-state index contributed by atoms with van der Waals surface area (Å²) in [6.07, 6.45) is 2.52. The number of hydrogen-bond donors (Lipinski definition) is 4. The van der Waals surface area contributed by atoms with E-state index in [1.807, 2.05) is 0 Å². The number of fused-ring (bicyclic) bond motifs is 8. The van der Waals surface area contributed by atoms with Gasteiger partial charge in [0.2, 0.25) is 0 Å². The second-order valence-corrected chi connectivity index (χ2v) is 10.6. The van der Waals surface area contributed by atoms with Crippen LogP contribution >= 0.6 is 0 Å². The molecule has 0 saturated carbocycles. The lowest BCUT2D eigenvalue weighted by Crippen LogP contribution is -2.04. The topological polar surface area (TPSA) is 97.8 Å². The lowest BCUT2D eigenvalue weighted by Gasteiger charge is -2.16. The van der Waals surface area contributed by atoms with Gasteiger partial charge in [0, 0.05) is 57.5 Å². The highest BCUT2D eigenvalue weighted by molar-refractivity contribution is 5.92. The van der Waals surface area contributed by atoms with Crippen LogP contribution < -0.4 is 0 Å². The van der Waals surface area contributed by atoms with E-state index in [9.17, 15) is 10.2 Å². The van der Waals surface area contributed by atoms with Gasteiger partial charge in [-0.2, -0.15) is 0 Å². The van der Waals surface area contributed by atoms with Gasteiger partial charge in [-0.05, 0) is 99.1 Å². The Balaban J connectivity index is 1.92. The third-order valence-corrected chi connectivity index (χ3v) is 8.39. The molecule has 8 bridgehead atoms. The molecule has 0 amide bonds. The number of aromatic amines is 2. The molecular formula is C31H38N4O2. The second-order valence-electron chi connectivity index (χ2n) is 10.6. The zero-order valence-electron chi connectivity index (χ0n) is 22.8. The number of hydrogen-bond acceptors (Lipinski definition) is 4. The number of nitrogens with zero attached hydrogens (tertiary/aromatic N) is 2. The Bertz CT molecular complexity index is 1560. The summed E-state index contributed by atoms with van der Waals surface area (Å²) in [5.41, 5.74) is 14.7. The summed E-state index contributed by atoms with van der Waals surface area (Å²) >= 11 is 0. The monoisotopic (exact) mass is 498 g/mol. The molecule has 6 nitrogen and oxygen atoms in total. The van der Waals surface area contributed by atoms with Gasteiger partial charge in [0.15, 0.2) is 0 Å². The van der Waals surface area contributed by atoms with E-state index in [4.69, 9.17) is 9.97 Å². The van der Waals surface area contributed by atoms with Gasteiger partial charge in [0.1, 0.15) is 0 Å². The predicted molar refractivity (Wildman–Crippen MR) is 151 cm³/mol. The molecule has 194 valence electrons. The van der Waals surface area contributed by atoms with Gasteiger partial charge in [-0.1, -0.05) is 13.8 Å². The third-order valence-electron chi connectivity index (χ3n) is 8.39. The van der Waals surface area contributed by atoms with E-state index in [1.54, 1.807) is 0 Å². The average molecular weight is 499 g/mol. The molecule has 0 fully saturated rings. The first-order chi connectivity index (χ1) is 17.8. The van der Waals surface area contributed by atoms with E-state index in [1.165, 1.54) is 16.7 Å². The Hall–Kier alpha value is -3.22. The number of allylic oxidation sites excluding steroid dienone is 2. The maximum atomic E-state index is 10.3. The Morgan fingerprint density at radius 1 is 0.838 bits per heavy atom. The molecule has 4 N–H and O–H groups in total. The molecule has 37 heavy (non-hydrogen) atoms. The highest BCUT2D eigenvalue weighted by Crippen LogP contribution is 2.41. The minimum atomic E-state index is -0.0447. The lowest BCUT2D eigenvalue weighted by atomic mass is 9.86. The molecule has 0 aliphatic carbocycles.